The predicted octanol–water partition coefficient (Wildman–Crippen LogP) is 2.81. The molecule has 0 saturated carbocycles. The molecule has 0 unspecified atom stereocenters. The first-order valence-corrected chi connectivity index (χ1v) is 9.49. The minimum Gasteiger partial charge on any atom is -0.306 e. The summed E-state index contributed by atoms with van der Waals surface area (Å²) in [6, 6.07) is 12.4. The van der Waals surface area contributed by atoms with Crippen LogP contribution in [0.5, 0.6) is 0 Å². The van der Waals surface area contributed by atoms with Gasteiger partial charge in [0, 0.05) is 11.9 Å². The quantitative estimate of drug-likeness (QED) is 0.795. The molecule has 4 rings (SSSR count). The molecule has 0 radical (unpaired) electrons. The normalized spacial score (nSPS) is 19.1. The Bertz CT molecular complexity index is 977. The van der Waals surface area contributed by atoms with Gasteiger partial charge in [-0.05, 0) is 61.8 Å². The lowest BCUT2D eigenvalue weighted by Gasteiger charge is -2.12. The first-order chi connectivity index (χ1) is 11.5. The molecule has 2 aromatic carbocycles. The maximum Gasteiger partial charge on any atom is 0.206 e. The fourth-order valence-electron chi connectivity index (χ4n) is 3.35. The van der Waals surface area contributed by atoms with E-state index < -0.39 is 9.84 Å². The van der Waals surface area contributed by atoms with Gasteiger partial charge >= 0.3 is 0 Å². The van der Waals surface area contributed by atoms with Crippen molar-refractivity contribution in [3.8, 4) is 0 Å². The van der Waals surface area contributed by atoms with E-state index in [4.69, 9.17) is 0 Å². The van der Waals surface area contributed by atoms with Crippen LogP contribution in [-0.4, -0.2) is 43.7 Å². The van der Waals surface area contributed by atoms with Crippen LogP contribution in [0.4, 0.5) is 0 Å². The van der Waals surface area contributed by atoms with Gasteiger partial charge in [-0.25, -0.2) is 8.42 Å². The highest BCUT2D eigenvalue weighted by molar-refractivity contribution is 7.91. The molecule has 1 aliphatic rings. The molecule has 5 nitrogen and oxygen atoms in total. The van der Waals surface area contributed by atoms with Gasteiger partial charge < -0.3 is 4.90 Å². The molecule has 3 aromatic rings. The number of H-pyrrole nitrogens is 1. The predicted molar refractivity (Wildman–Crippen MR) is 92.8 cm³/mol. The van der Waals surface area contributed by atoms with E-state index in [1.54, 1.807) is 36.5 Å². The number of fused-ring (bicyclic) bond motifs is 1. The van der Waals surface area contributed by atoms with Crippen LogP contribution in [0.2, 0.25) is 0 Å². The molecule has 0 bridgehead atoms. The molecular weight excluding hydrogens is 322 g/mol. The highest BCUT2D eigenvalue weighted by Gasteiger charge is 2.23. The van der Waals surface area contributed by atoms with Crippen LogP contribution in [0.1, 0.15) is 17.9 Å². The van der Waals surface area contributed by atoms with Crippen molar-refractivity contribution in [1.82, 2.24) is 15.1 Å². The molecule has 124 valence electrons. The number of nitrogens with one attached hydrogen (secondary N) is 1. The number of aromatic amines is 1. The molecule has 0 aliphatic carbocycles. The van der Waals surface area contributed by atoms with Gasteiger partial charge in [0.25, 0.3) is 0 Å². The Morgan fingerprint density at radius 3 is 2.58 bits per heavy atom. The Hall–Kier alpha value is -2.18. The van der Waals surface area contributed by atoms with Gasteiger partial charge in [-0.15, -0.1) is 0 Å². The van der Waals surface area contributed by atoms with Crippen molar-refractivity contribution < 1.29 is 8.42 Å². The van der Waals surface area contributed by atoms with Gasteiger partial charge in [0.2, 0.25) is 9.84 Å². The van der Waals surface area contributed by atoms with Crippen LogP contribution in [0.15, 0.2) is 58.5 Å². The van der Waals surface area contributed by atoms with Gasteiger partial charge in [-0.2, -0.15) is 5.10 Å². The van der Waals surface area contributed by atoms with E-state index >= 15 is 0 Å². The minimum absolute atomic E-state index is 0.296. The second-order valence-electron chi connectivity index (χ2n) is 6.44. The fraction of sp³-hybridized carbons (Fsp3) is 0.278. The SMILES string of the molecule is CN1CC[C@@H](c2ccc(S(=O)(=O)c3ccc4[nH]ncc4c3)cc2)C1. The summed E-state index contributed by atoms with van der Waals surface area (Å²) in [7, 11) is -1.40. The number of sulfone groups is 1. The average molecular weight is 341 g/mol. The maximum atomic E-state index is 12.8. The second kappa shape index (κ2) is 5.72. The van der Waals surface area contributed by atoms with Crippen LogP contribution in [0, 0.1) is 0 Å². The fourth-order valence-corrected chi connectivity index (χ4v) is 4.65. The maximum absolute atomic E-state index is 12.8. The second-order valence-corrected chi connectivity index (χ2v) is 8.39. The highest BCUT2D eigenvalue weighted by atomic mass is 32.2. The summed E-state index contributed by atoms with van der Waals surface area (Å²) in [6.45, 7) is 2.12. The van der Waals surface area contributed by atoms with Gasteiger partial charge in [0.05, 0.1) is 21.5 Å². The smallest absolute Gasteiger partial charge is 0.206 e. The number of aromatic nitrogens is 2. The summed E-state index contributed by atoms with van der Waals surface area (Å²) in [5, 5.41) is 7.56. The zero-order valence-corrected chi connectivity index (χ0v) is 14.3. The van der Waals surface area contributed by atoms with Crippen LogP contribution in [0.3, 0.4) is 0 Å². The van der Waals surface area contributed by atoms with E-state index in [2.05, 4.69) is 22.1 Å². The van der Waals surface area contributed by atoms with Crippen molar-refractivity contribution in [2.45, 2.75) is 22.1 Å². The van der Waals surface area contributed by atoms with Crippen LogP contribution < -0.4 is 0 Å². The molecule has 24 heavy (non-hydrogen) atoms. The van der Waals surface area contributed by atoms with Gasteiger partial charge in [0.1, 0.15) is 0 Å². The number of likely N-dealkylation sites (N-methyl/N-ethyl adjacent to an activating group) is 1. The third-order valence-electron chi connectivity index (χ3n) is 4.78. The molecule has 1 saturated heterocycles. The molecular formula is C18H19N3O2S. The lowest BCUT2D eigenvalue weighted by Crippen LogP contribution is -2.13. The van der Waals surface area contributed by atoms with Crippen LogP contribution >= 0.6 is 0 Å². The topological polar surface area (TPSA) is 66.1 Å². The van der Waals surface area contributed by atoms with Crippen molar-refractivity contribution in [1.29, 1.82) is 0 Å². The molecule has 0 spiro atoms. The first-order valence-electron chi connectivity index (χ1n) is 8.01. The van der Waals surface area contributed by atoms with Crippen LogP contribution in [-0.2, 0) is 9.84 Å². The van der Waals surface area contributed by atoms with Crippen molar-refractivity contribution in [3.63, 3.8) is 0 Å². The number of nitrogens with zero attached hydrogens (tertiary/aromatic N) is 2. The highest BCUT2D eigenvalue weighted by Crippen LogP contribution is 2.29. The van der Waals surface area contributed by atoms with Crippen molar-refractivity contribution in [2.75, 3.05) is 20.1 Å². The van der Waals surface area contributed by atoms with Crippen LogP contribution in [0.25, 0.3) is 10.9 Å². The number of hydrogen-bond donors (Lipinski definition) is 1. The lowest BCUT2D eigenvalue weighted by molar-refractivity contribution is 0.411. The van der Waals surface area contributed by atoms with Crippen molar-refractivity contribution in [3.05, 3.63) is 54.2 Å². The lowest BCUT2D eigenvalue weighted by atomic mass is 9.99. The van der Waals surface area contributed by atoms with Gasteiger partial charge in [-0.1, -0.05) is 12.1 Å². The Kier molecular flexibility index (Phi) is 3.66. The third kappa shape index (κ3) is 2.61. The van der Waals surface area contributed by atoms with E-state index in [0.29, 0.717) is 15.7 Å². The van der Waals surface area contributed by atoms with Gasteiger partial charge in [0.15, 0.2) is 0 Å². The van der Waals surface area contributed by atoms with E-state index in [1.165, 1.54) is 5.56 Å². The van der Waals surface area contributed by atoms with E-state index in [0.717, 1.165) is 30.4 Å². The summed E-state index contributed by atoms with van der Waals surface area (Å²) in [5.41, 5.74) is 2.04. The molecule has 1 atom stereocenters. The third-order valence-corrected chi connectivity index (χ3v) is 6.54. The molecule has 0 amide bonds. The number of rotatable bonds is 3. The average Bonchev–Trinajstić information content (AvgIpc) is 3.23. The molecule has 6 heteroatoms. The van der Waals surface area contributed by atoms with E-state index in [-0.39, 0.29) is 0 Å². The summed E-state index contributed by atoms with van der Waals surface area (Å²) in [5.74, 6) is 0.494. The van der Waals surface area contributed by atoms with Gasteiger partial charge in [-0.3, -0.25) is 5.10 Å². The number of likely N-dealkylation sites (tertiary alicyclic amines) is 1. The minimum atomic E-state index is -3.51. The molecule has 1 aromatic heterocycles. The van der Waals surface area contributed by atoms with Crippen molar-refractivity contribution in [2.24, 2.45) is 0 Å². The Morgan fingerprint density at radius 2 is 1.88 bits per heavy atom. The van der Waals surface area contributed by atoms with Crippen molar-refractivity contribution >= 4 is 20.7 Å². The summed E-state index contributed by atoms with van der Waals surface area (Å²) < 4.78 is 25.7. The molecule has 1 fully saturated rings. The molecule has 1 aliphatic heterocycles. The number of benzene rings is 2. The molecule has 1 N–H and O–H groups in total. The standard InChI is InChI=1S/C18H19N3O2S/c1-21-9-8-14(12-21)13-2-4-16(5-3-13)24(22,23)17-6-7-18-15(10-17)11-19-20-18/h2-7,10-11,14H,8-9,12H2,1H3,(H,19,20)/t14-/m1/s1. The summed E-state index contributed by atoms with van der Waals surface area (Å²) in [6.07, 6.45) is 2.76. The van der Waals surface area contributed by atoms with E-state index in [1.807, 2.05) is 12.1 Å². The largest absolute Gasteiger partial charge is 0.306 e. The summed E-state index contributed by atoms with van der Waals surface area (Å²) >= 11 is 0. The van der Waals surface area contributed by atoms with E-state index in [9.17, 15) is 8.42 Å². The Morgan fingerprint density at radius 1 is 1.12 bits per heavy atom. The Balaban J connectivity index is 1.66. The zero-order chi connectivity index (χ0) is 16.7. The number of hydrogen-bond acceptors (Lipinski definition) is 4. The monoisotopic (exact) mass is 341 g/mol. The first kappa shape index (κ1) is 15.4. The zero-order valence-electron chi connectivity index (χ0n) is 13.4. The molecule has 2 heterocycles. The summed E-state index contributed by atoms with van der Waals surface area (Å²) in [4.78, 5) is 2.93. The Labute approximate surface area is 141 Å².